The predicted molar refractivity (Wildman–Crippen MR) is 82.1 cm³/mol. The fraction of sp³-hybridized carbons (Fsp3) is 0.714. The Labute approximate surface area is 120 Å². The summed E-state index contributed by atoms with van der Waals surface area (Å²) in [5.74, 6) is 2.20. The Morgan fingerprint density at radius 1 is 1.25 bits per heavy atom. The molecule has 2 saturated heterocycles. The molecule has 2 aliphatic rings. The molecule has 1 aromatic rings. The Balaban J connectivity index is 1.80. The van der Waals surface area contributed by atoms with Gasteiger partial charge in [-0.2, -0.15) is 9.97 Å². The highest BCUT2D eigenvalue weighted by molar-refractivity contribution is 5.52. The number of nitrogens with two attached hydrogens (primary N) is 1. The molecule has 0 aliphatic carbocycles. The molecule has 1 spiro atoms. The standard InChI is InChI=1S/C14H24N6/c1-19(2)13-17-11(15)9-12(18-13)20-8-5-14(10-20)3-6-16-7-4-14/h9,16H,3-8,10H2,1-2H3,(H2,15,17,18). The first-order valence-corrected chi connectivity index (χ1v) is 7.36. The first-order chi connectivity index (χ1) is 9.58. The Morgan fingerprint density at radius 3 is 2.70 bits per heavy atom. The minimum Gasteiger partial charge on any atom is -0.383 e. The number of hydrogen-bond acceptors (Lipinski definition) is 6. The van der Waals surface area contributed by atoms with Crippen LogP contribution in [0.2, 0.25) is 0 Å². The maximum absolute atomic E-state index is 5.92. The number of aromatic nitrogens is 2. The molecule has 0 bridgehead atoms. The summed E-state index contributed by atoms with van der Waals surface area (Å²) < 4.78 is 0. The van der Waals surface area contributed by atoms with Crippen LogP contribution < -0.4 is 20.9 Å². The molecule has 0 radical (unpaired) electrons. The van der Waals surface area contributed by atoms with E-state index in [1.165, 1.54) is 19.3 Å². The average molecular weight is 276 g/mol. The third-order valence-corrected chi connectivity index (χ3v) is 4.55. The minimum atomic E-state index is 0.475. The molecular formula is C14H24N6. The zero-order valence-corrected chi connectivity index (χ0v) is 12.4. The Bertz CT molecular complexity index is 481. The second kappa shape index (κ2) is 5.09. The number of anilines is 3. The summed E-state index contributed by atoms with van der Waals surface area (Å²) in [6.07, 6.45) is 3.80. The SMILES string of the molecule is CN(C)c1nc(N)cc(N2CCC3(CCNCC3)C2)n1. The van der Waals surface area contributed by atoms with Crippen LogP contribution in [0.25, 0.3) is 0 Å². The van der Waals surface area contributed by atoms with E-state index in [1.807, 2.05) is 25.1 Å². The van der Waals surface area contributed by atoms with Gasteiger partial charge in [-0.15, -0.1) is 0 Å². The summed E-state index contributed by atoms with van der Waals surface area (Å²) in [5.41, 5.74) is 6.40. The molecule has 6 nitrogen and oxygen atoms in total. The van der Waals surface area contributed by atoms with E-state index in [4.69, 9.17) is 5.73 Å². The molecule has 0 aromatic carbocycles. The van der Waals surface area contributed by atoms with Gasteiger partial charge >= 0.3 is 0 Å². The lowest BCUT2D eigenvalue weighted by Crippen LogP contribution is -2.38. The minimum absolute atomic E-state index is 0.475. The van der Waals surface area contributed by atoms with Gasteiger partial charge in [0.05, 0.1) is 0 Å². The van der Waals surface area contributed by atoms with E-state index in [-0.39, 0.29) is 0 Å². The van der Waals surface area contributed by atoms with Crippen molar-refractivity contribution in [3.63, 3.8) is 0 Å². The van der Waals surface area contributed by atoms with Crippen LogP contribution in [0.1, 0.15) is 19.3 Å². The summed E-state index contributed by atoms with van der Waals surface area (Å²) in [7, 11) is 3.88. The Kier molecular flexibility index (Phi) is 3.41. The quantitative estimate of drug-likeness (QED) is 0.829. The maximum Gasteiger partial charge on any atom is 0.228 e. The Morgan fingerprint density at radius 2 is 2.00 bits per heavy atom. The van der Waals surface area contributed by atoms with Gasteiger partial charge in [0.2, 0.25) is 5.95 Å². The van der Waals surface area contributed by atoms with Crippen LogP contribution in [-0.2, 0) is 0 Å². The van der Waals surface area contributed by atoms with Crippen molar-refractivity contribution in [3.05, 3.63) is 6.07 Å². The molecule has 20 heavy (non-hydrogen) atoms. The smallest absolute Gasteiger partial charge is 0.228 e. The van der Waals surface area contributed by atoms with Gasteiger partial charge < -0.3 is 20.9 Å². The van der Waals surface area contributed by atoms with Gasteiger partial charge in [-0.1, -0.05) is 0 Å². The fourth-order valence-electron chi connectivity index (χ4n) is 3.30. The van der Waals surface area contributed by atoms with Crippen molar-refractivity contribution in [3.8, 4) is 0 Å². The molecule has 2 aliphatic heterocycles. The van der Waals surface area contributed by atoms with Crippen LogP contribution in [0, 0.1) is 5.41 Å². The van der Waals surface area contributed by atoms with Crippen molar-refractivity contribution in [1.29, 1.82) is 0 Å². The van der Waals surface area contributed by atoms with Crippen molar-refractivity contribution in [1.82, 2.24) is 15.3 Å². The van der Waals surface area contributed by atoms with Crippen molar-refractivity contribution in [2.75, 3.05) is 55.8 Å². The molecule has 0 unspecified atom stereocenters. The van der Waals surface area contributed by atoms with Crippen molar-refractivity contribution in [2.45, 2.75) is 19.3 Å². The summed E-state index contributed by atoms with van der Waals surface area (Å²) in [6, 6.07) is 1.90. The number of nitrogen functional groups attached to an aromatic ring is 1. The van der Waals surface area contributed by atoms with Crippen LogP contribution in [0.4, 0.5) is 17.6 Å². The summed E-state index contributed by atoms with van der Waals surface area (Å²) >= 11 is 0. The topological polar surface area (TPSA) is 70.3 Å². The normalized spacial score (nSPS) is 21.4. The van der Waals surface area contributed by atoms with Crippen LogP contribution in [0.3, 0.4) is 0 Å². The van der Waals surface area contributed by atoms with Gasteiger partial charge in [-0.25, -0.2) is 0 Å². The van der Waals surface area contributed by atoms with Crippen LogP contribution >= 0.6 is 0 Å². The number of nitrogens with zero attached hydrogens (tertiary/aromatic N) is 4. The third-order valence-electron chi connectivity index (χ3n) is 4.55. The highest BCUT2D eigenvalue weighted by Gasteiger charge is 2.39. The van der Waals surface area contributed by atoms with E-state index in [9.17, 15) is 0 Å². The molecule has 0 saturated carbocycles. The highest BCUT2D eigenvalue weighted by Crippen LogP contribution is 2.40. The molecule has 0 amide bonds. The molecule has 110 valence electrons. The molecule has 2 fully saturated rings. The van der Waals surface area contributed by atoms with E-state index in [1.54, 1.807) is 0 Å². The molecule has 3 rings (SSSR count). The molecule has 1 aromatic heterocycles. The zero-order valence-electron chi connectivity index (χ0n) is 12.4. The van der Waals surface area contributed by atoms with Crippen molar-refractivity contribution in [2.24, 2.45) is 5.41 Å². The van der Waals surface area contributed by atoms with Gasteiger partial charge in [0, 0.05) is 33.3 Å². The Hall–Kier alpha value is -1.56. The van der Waals surface area contributed by atoms with E-state index >= 15 is 0 Å². The largest absolute Gasteiger partial charge is 0.383 e. The zero-order chi connectivity index (χ0) is 14.2. The predicted octanol–water partition coefficient (Wildman–Crippen LogP) is 0.705. The molecule has 3 heterocycles. The number of piperidine rings is 1. The maximum atomic E-state index is 5.92. The lowest BCUT2D eigenvalue weighted by Gasteiger charge is -2.33. The summed E-state index contributed by atoms with van der Waals surface area (Å²) in [5, 5.41) is 3.45. The van der Waals surface area contributed by atoms with Crippen LogP contribution in [0.5, 0.6) is 0 Å². The van der Waals surface area contributed by atoms with Gasteiger partial charge in [0.15, 0.2) is 0 Å². The second-order valence-corrected chi connectivity index (χ2v) is 6.27. The van der Waals surface area contributed by atoms with Crippen LogP contribution in [0.15, 0.2) is 6.07 Å². The first-order valence-electron chi connectivity index (χ1n) is 7.36. The van der Waals surface area contributed by atoms with Gasteiger partial charge in [-0.3, -0.25) is 0 Å². The second-order valence-electron chi connectivity index (χ2n) is 6.27. The van der Waals surface area contributed by atoms with Gasteiger partial charge in [0.1, 0.15) is 11.6 Å². The average Bonchev–Trinajstić information content (AvgIpc) is 2.83. The van der Waals surface area contributed by atoms with Crippen molar-refractivity contribution < 1.29 is 0 Å². The third kappa shape index (κ3) is 2.52. The molecule has 3 N–H and O–H groups in total. The highest BCUT2D eigenvalue weighted by atomic mass is 15.3. The van der Waals surface area contributed by atoms with E-state index in [2.05, 4.69) is 20.2 Å². The molecular weight excluding hydrogens is 252 g/mol. The number of rotatable bonds is 2. The summed E-state index contributed by atoms with van der Waals surface area (Å²) in [6.45, 7) is 4.45. The van der Waals surface area contributed by atoms with Crippen molar-refractivity contribution >= 4 is 17.6 Å². The molecule has 0 atom stereocenters. The lowest BCUT2D eigenvalue weighted by atomic mass is 9.78. The van der Waals surface area contributed by atoms with Gasteiger partial charge in [-0.05, 0) is 37.8 Å². The van der Waals surface area contributed by atoms with Gasteiger partial charge in [0.25, 0.3) is 0 Å². The lowest BCUT2D eigenvalue weighted by molar-refractivity contribution is 0.232. The monoisotopic (exact) mass is 276 g/mol. The first kappa shape index (κ1) is 13.4. The molecule has 6 heteroatoms. The van der Waals surface area contributed by atoms with E-state index in [0.29, 0.717) is 17.2 Å². The fourth-order valence-corrected chi connectivity index (χ4v) is 3.30. The number of nitrogens with one attached hydrogen (secondary N) is 1. The van der Waals surface area contributed by atoms with E-state index in [0.717, 1.165) is 32.0 Å². The summed E-state index contributed by atoms with van der Waals surface area (Å²) in [4.78, 5) is 13.2. The number of hydrogen-bond donors (Lipinski definition) is 2. The van der Waals surface area contributed by atoms with E-state index < -0.39 is 0 Å². The van der Waals surface area contributed by atoms with Crippen LogP contribution in [-0.4, -0.2) is 50.2 Å².